The fourth-order valence-corrected chi connectivity index (χ4v) is 4.89. The Bertz CT molecular complexity index is 1110. The maximum Gasteiger partial charge on any atom is 0.410 e. The molecule has 4 rings (SSSR count). The monoisotopic (exact) mass is 539 g/mol. The molecular weight excluding hydrogens is 510 g/mol. The molecule has 0 aliphatic carbocycles. The van der Waals surface area contributed by atoms with Gasteiger partial charge in [0.15, 0.2) is 5.82 Å². The number of nitrogens with one attached hydrogen (secondary N) is 1. The fraction of sp³-hybridized carbons (Fsp3) is 0.609. The number of benzene rings is 1. The van der Waals surface area contributed by atoms with Crippen molar-refractivity contribution >= 4 is 50.5 Å². The molecule has 180 valence electrons. The van der Waals surface area contributed by atoms with Crippen molar-refractivity contribution in [1.82, 2.24) is 19.4 Å². The third-order valence-corrected chi connectivity index (χ3v) is 7.41. The standard InChI is InChI=1S/C23H31BrClN5O3/c1-23(2,3)33-22(32)29-11-14(12-29)13-30-19-9-17(25)16(24)8-18(19)27-20(21(30)31)26-10-15-6-5-7-28(15)4/h8-9,14-15H,5-7,10-13H2,1-4H3,(H,26,27)/t15-/m0/s1. The van der Waals surface area contributed by atoms with Gasteiger partial charge in [0.2, 0.25) is 0 Å². The Hall–Kier alpha value is -1.84. The molecule has 8 nitrogen and oxygen atoms in total. The largest absolute Gasteiger partial charge is 0.444 e. The summed E-state index contributed by atoms with van der Waals surface area (Å²) in [4.78, 5) is 34.3. The van der Waals surface area contributed by atoms with Gasteiger partial charge in [-0.25, -0.2) is 9.78 Å². The van der Waals surface area contributed by atoms with Crippen molar-refractivity contribution in [3.63, 3.8) is 0 Å². The number of rotatable bonds is 5. The van der Waals surface area contributed by atoms with E-state index in [1.54, 1.807) is 15.5 Å². The van der Waals surface area contributed by atoms with Crippen LogP contribution in [0.3, 0.4) is 0 Å². The fourth-order valence-electron chi connectivity index (χ4n) is 4.40. The van der Waals surface area contributed by atoms with Gasteiger partial charge in [-0.1, -0.05) is 11.6 Å². The van der Waals surface area contributed by atoms with Crippen molar-refractivity contribution in [3.8, 4) is 0 Å². The normalized spacial score (nSPS) is 19.7. The molecule has 0 radical (unpaired) electrons. The molecule has 2 fully saturated rings. The summed E-state index contributed by atoms with van der Waals surface area (Å²) in [6, 6.07) is 4.00. The summed E-state index contributed by atoms with van der Waals surface area (Å²) in [6.45, 7) is 8.88. The number of anilines is 1. The van der Waals surface area contributed by atoms with Gasteiger partial charge < -0.3 is 24.4 Å². The molecule has 1 amide bonds. The second-order valence-electron chi connectivity index (χ2n) is 10.0. The highest BCUT2D eigenvalue weighted by molar-refractivity contribution is 9.10. The van der Waals surface area contributed by atoms with Gasteiger partial charge in [0.1, 0.15) is 5.60 Å². The Morgan fingerprint density at radius 3 is 2.70 bits per heavy atom. The Kier molecular flexibility index (Phi) is 6.94. The highest BCUT2D eigenvalue weighted by atomic mass is 79.9. The smallest absolute Gasteiger partial charge is 0.410 e. The topological polar surface area (TPSA) is 79.7 Å². The van der Waals surface area contributed by atoms with Crippen LogP contribution in [0.2, 0.25) is 5.02 Å². The molecule has 1 aromatic carbocycles. The number of carbonyl (C=O) groups excluding carboxylic acids is 1. The Morgan fingerprint density at radius 1 is 1.33 bits per heavy atom. The van der Waals surface area contributed by atoms with Crippen LogP contribution in [0.25, 0.3) is 11.0 Å². The van der Waals surface area contributed by atoms with Crippen molar-refractivity contribution in [2.45, 2.75) is 51.8 Å². The van der Waals surface area contributed by atoms with E-state index in [2.05, 4.69) is 38.2 Å². The van der Waals surface area contributed by atoms with Gasteiger partial charge in [0.05, 0.1) is 16.1 Å². The molecule has 2 aromatic rings. The molecule has 0 spiro atoms. The van der Waals surface area contributed by atoms with E-state index in [-0.39, 0.29) is 17.6 Å². The predicted octanol–water partition coefficient (Wildman–Crippen LogP) is 4.19. The molecule has 3 heterocycles. The van der Waals surface area contributed by atoms with E-state index in [1.807, 2.05) is 26.8 Å². The van der Waals surface area contributed by atoms with Crippen LogP contribution in [0, 0.1) is 5.92 Å². The SMILES string of the molecule is CN1CCC[C@H]1CNc1nc2cc(Br)c(Cl)cc2n(CC2CN(C(=O)OC(C)(C)C)C2)c1=O. The summed E-state index contributed by atoms with van der Waals surface area (Å²) < 4.78 is 7.91. The number of carbonyl (C=O) groups is 1. The molecule has 33 heavy (non-hydrogen) atoms. The first-order valence-corrected chi connectivity index (χ1v) is 12.5. The third kappa shape index (κ3) is 5.46. The number of amides is 1. The van der Waals surface area contributed by atoms with E-state index in [0.717, 1.165) is 17.4 Å². The van der Waals surface area contributed by atoms with E-state index in [9.17, 15) is 9.59 Å². The summed E-state index contributed by atoms with van der Waals surface area (Å²) >= 11 is 9.81. The van der Waals surface area contributed by atoms with Crippen LogP contribution >= 0.6 is 27.5 Å². The molecule has 1 aromatic heterocycles. The Morgan fingerprint density at radius 2 is 2.06 bits per heavy atom. The highest BCUT2D eigenvalue weighted by Crippen LogP contribution is 2.29. The molecule has 0 unspecified atom stereocenters. The number of aromatic nitrogens is 2. The molecule has 10 heteroatoms. The molecule has 0 saturated carbocycles. The van der Waals surface area contributed by atoms with Crippen LogP contribution in [-0.4, -0.2) is 70.3 Å². The number of likely N-dealkylation sites (tertiary alicyclic amines) is 2. The molecule has 1 N–H and O–H groups in total. The van der Waals surface area contributed by atoms with Gasteiger partial charge in [-0.05, 0) is 75.3 Å². The van der Waals surface area contributed by atoms with Gasteiger partial charge >= 0.3 is 6.09 Å². The van der Waals surface area contributed by atoms with Crippen LogP contribution < -0.4 is 10.9 Å². The zero-order valence-electron chi connectivity index (χ0n) is 19.5. The summed E-state index contributed by atoms with van der Waals surface area (Å²) in [5.74, 6) is 0.498. The average molecular weight is 541 g/mol. The van der Waals surface area contributed by atoms with Crippen molar-refractivity contribution in [2.24, 2.45) is 5.92 Å². The quantitative estimate of drug-likeness (QED) is 0.613. The molecular formula is C23H31BrClN5O3. The lowest BCUT2D eigenvalue weighted by atomic mass is 10.0. The van der Waals surface area contributed by atoms with Crippen LogP contribution in [-0.2, 0) is 11.3 Å². The minimum absolute atomic E-state index is 0.150. The number of halogens is 2. The van der Waals surface area contributed by atoms with Gasteiger partial charge in [0, 0.05) is 42.6 Å². The lowest BCUT2D eigenvalue weighted by molar-refractivity contribution is -0.00328. The van der Waals surface area contributed by atoms with Gasteiger partial charge in [-0.3, -0.25) is 4.79 Å². The maximum absolute atomic E-state index is 13.4. The van der Waals surface area contributed by atoms with Gasteiger partial charge in [-0.15, -0.1) is 0 Å². The first kappa shape index (κ1) is 24.3. The zero-order valence-corrected chi connectivity index (χ0v) is 21.9. The molecule has 2 aliphatic heterocycles. The minimum Gasteiger partial charge on any atom is -0.444 e. The van der Waals surface area contributed by atoms with Crippen molar-refractivity contribution < 1.29 is 9.53 Å². The summed E-state index contributed by atoms with van der Waals surface area (Å²) in [6.07, 6.45) is 1.95. The van der Waals surface area contributed by atoms with Crippen molar-refractivity contribution in [3.05, 3.63) is 32.0 Å². The minimum atomic E-state index is -0.529. The van der Waals surface area contributed by atoms with Crippen LogP contribution in [0.1, 0.15) is 33.6 Å². The number of ether oxygens (including phenoxy) is 1. The summed E-state index contributed by atoms with van der Waals surface area (Å²) in [7, 11) is 2.11. The van der Waals surface area contributed by atoms with Crippen LogP contribution in [0.15, 0.2) is 21.4 Å². The van der Waals surface area contributed by atoms with Gasteiger partial charge in [-0.2, -0.15) is 0 Å². The molecule has 2 aliphatic rings. The third-order valence-electron chi connectivity index (χ3n) is 6.21. The lowest BCUT2D eigenvalue weighted by Crippen LogP contribution is -2.53. The Labute approximate surface area is 207 Å². The second kappa shape index (κ2) is 9.43. The van der Waals surface area contributed by atoms with Gasteiger partial charge in [0.25, 0.3) is 5.56 Å². The second-order valence-corrected chi connectivity index (χ2v) is 11.3. The predicted molar refractivity (Wildman–Crippen MR) is 134 cm³/mol. The molecule has 1 atom stereocenters. The number of fused-ring (bicyclic) bond motifs is 1. The van der Waals surface area contributed by atoms with E-state index in [0.29, 0.717) is 54.1 Å². The summed E-state index contributed by atoms with van der Waals surface area (Å²) in [5.41, 5.74) is 0.680. The zero-order chi connectivity index (χ0) is 23.9. The first-order valence-electron chi connectivity index (χ1n) is 11.3. The van der Waals surface area contributed by atoms with E-state index in [1.165, 1.54) is 6.42 Å². The van der Waals surface area contributed by atoms with E-state index in [4.69, 9.17) is 16.3 Å². The lowest BCUT2D eigenvalue weighted by Gasteiger charge is -2.40. The molecule has 2 saturated heterocycles. The Balaban J connectivity index is 1.56. The van der Waals surface area contributed by atoms with Crippen LogP contribution in [0.5, 0.6) is 0 Å². The number of likely N-dealkylation sites (N-methyl/N-ethyl adjacent to an activating group) is 1. The summed E-state index contributed by atoms with van der Waals surface area (Å²) in [5, 5.41) is 3.82. The molecule has 0 bridgehead atoms. The highest BCUT2D eigenvalue weighted by Gasteiger charge is 2.34. The number of hydrogen-bond donors (Lipinski definition) is 1. The maximum atomic E-state index is 13.4. The van der Waals surface area contributed by atoms with E-state index < -0.39 is 5.60 Å². The van der Waals surface area contributed by atoms with Crippen molar-refractivity contribution in [2.75, 3.05) is 38.5 Å². The first-order chi connectivity index (χ1) is 15.5. The van der Waals surface area contributed by atoms with Crippen molar-refractivity contribution in [1.29, 1.82) is 0 Å². The number of hydrogen-bond acceptors (Lipinski definition) is 6. The number of nitrogens with zero attached hydrogens (tertiary/aromatic N) is 4. The van der Waals surface area contributed by atoms with Crippen LogP contribution in [0.4, 0.5) is 10.6 Å². The van der Waals surface area contributed by atoms with E-state index >= 15 is 0 Å². The average Bonchev–Trinajstić information content (AvgIpc) is 3.09.